The van der Waals surface area contributed by atoms with Gasteiger partial charge in [-0.2, -0.15) is 0 Å². The number of benzene rings is 6. The standard InChI is InChI=1S/C34H21NS/c1-2-10-25-21(7-1)15-17-30-33(25)28-13-6-12-26(34(28)35-30)24-9-5-8-22(19-24)23-16-18-32-29(20-23)27-11-3-4-14-31(27)36-32/h1-20,35H. The molecule has 0 aliphatic heterocycles. The fraction of sp³-hybridized carbons (Fsp3) is 0. The van der Waals surface area contributed by atoms with Gasteiger partial charge in [0.05, 0.1) is 5.52 Å². The van der Waals surface area contributed by atoms with Gasteiger partial charge in [0, 0.05) is 42.0 Å². The van der Waals surface area contributed by atoms with Crippen LogP contribution in [0.4, 0.5) is 0 Å². The van der Waals surface area contributed by atoms with Crippen LogP contribution in [-0.2, 0) is 0 Å². The molecule has 2 heteroatoms. The lowest BCUT2D eigenvalue weighted by Crippen LogP contribution is -1.83. The van der Waals surface area contributed by atoms with Crippen molar-refractivity contribution < 1.29 is 0 Å². The number of aromatic amines is 1. The minimum atomic E-state index is 1.18. The van der Waals surface area contributed by atoms with E-state index in [1.54, 1.807) is 0 Å². The maximum absolute atomic E-state index is 3.74. The molecule has 2 heterocycles. The zero-order valence-corrected chi connectivity index (χ0v) is 20.3. The molecule has 0 aliphatic carbocycles. The van der Waals surface area contributed by atoms with Crippen LogP contribution < -0.4 is 0 Å². The Labute approximate surface area is 212 Å². The van der Waals surface area contributed by atoms with Gasteiger partial charge in [0.15, 0.2) is 0 Å². The molecule has 2 aromatic heterocycles. The Morgan fingerprint density at radius 2 is 1.22 bits per heavy atom. The summed E-state index contributed by atoms with van der Waals surface area (Å²) >= 11 is 1.87. The molecule has 1 N–H and O–H groups in total. The average molecular weight is 476 g/mol. The van der Waals surface area contributed by atoms with Gasteiger partial charge in [-0.1, -0.05) is 91.0 Å². The summed E-state index contributed by atoms with van der Waals surface area (Å²) < 4.78 is 2.68. The quantitative estimate of drug-likeness (QED) is 0.256. The summed E-state index contributed by atoms with van der Waals surface area (Å²) in [4.78, 5) is 3.74. The Bertz CT molecular complexity index is 2110. The monoisotopic (exact) mass is 475 g/mol. The van der Waals surface area contributed by atoms with Crippen molar-refractivity contribution in [3.63, 3.8) is 0 Å². The molecule has 0 saturated heterocycles. The van der Waals surface area contributed by atoms with Gasteiger partial charge in [-0.3, -0.25) is 0 Å². The molecule has 0 fully saturated rings. The average Bonchev–Trinajstić information content (AvgIpc) is 3.51. The van der Waals surface area contributed by atoms with Crippen molar-refractivity contribution >= 4 is 64.1 Å². The number of hydrogen-bond acceptors (Lipinski definition) is 1. The van der Waals surface area contributed by atoms with E-state index in [1.165, 1.54) is 75.0 Å². The van der Waals surface area contributed by atoms with Gasteiger partial charge >= 0.3 is 0 Å². The molecule has 0 spiro atoms. The van der Waals surface area contributed by atoms with Crippen LogP contribution in [0.5, 0.6) is 0 Å². The lowest BCUT2D eigenvalue weighted by atomic mass is 9.96. The number of thiophene rings is 1. The van der Waals surface area contributed by atoms with E-state index in [9.17, 15) is 0 Å². The fourth-order valence-corrected chi connectivity index (χ4v) is 6.79. The summed E-state index contributed by atoms with van der Waals surface area (Å²) in [6.45, 7) is 0. The van der Waals surface area contributed by atoms with Gasteiger partial charge < -0.3 is 4.98 Å². The number of aromatic nitrogens is 1. The Morgan fingerprint density at radius 3 is 2.19 bits per heavy atom. The minimum absolute atomic E-state index is 1.18. The van der Waals surface area contributed by atoms with Crippen molar-refractivity contribution in [2.24, 2.45) is 0 Å². The van der Waals surface area contributed by atoms with E-state index >= 15 is 0 Å². The number of hydrogen-bond donors (Lipinski definition) is 1. The van der Waals surface area contributed by atoms with Crippen LogP contribution in [0, 0.1) is 0 Å². The first-order chi connectivity index (χ1) is 17.8. The number of para-hydroxylation sites is 1. The van der Waals surface area contributed by atoms with Crippen LogP contribution in [0.3, 0.4) is 0 Å². The zero-order chi connectivity index (χ0) is 23.6. The Hall–Kier alpha value is -4.40. The Kier molecular flexibility index (Phi) is 4.16. The highest BCUT2D eigenvalue weighted by Crippen LogP contribution is 2.39. The third-order valence-corrected chi connectivity index (χ3v) is 8.56. The van der Waals surface area contributed by atoms with Gasteiger partial charge in [0.2, 0.25) is 0 Å². The molecule has 1 nitrogen and oxygen atoms in total. The maximum Gasteiger partial charge on any atom is 0.0544 e. The first kappa shape index (κ1) is 19.9. The SMILES string of the molecule is c1cc(-c2ccc3sc4ccccc4c3c2)cc(-c2cccc3c2[nH]c2ccc4ccccc4c23)c1. The van der Waals surface area contributed by atoms with E-state index in [4.69, 9.17) is 0 Å². The summed E-state index contributed by atoms with van der Waals surface area (Å²) in [7, 11) is 0. The van der Waals surface area contributed by atoms with E-state index in [0.29, 0.717) is 0 Å². The van der Waals surface area contributed by atoms with Crippen LogP contribution in [0.1, 0.15) is 0 Å². The molecular weight excluding hydrogens is 454 g/mol. The number of fused-ring (bicyclic) bond motifs is 8. The number of rotatable bonds is 2. The Morgan fingerprint density at radius 1 is 0.472 bits per heavy atom. The van der Waals surface area contributed by atoms with Crippen molar-refractivity contribution in [3.8, 4) is 22.3 Å². The topological polar surface area (TPSA) is 15.8 Å². The maximum atomic E-state index is 3.74. The molecule has 6 aromatic carbocycles. The summed E-state index contributed by atoms with van der Waals surface area (Å²) in [6, 6.07) is 44.2. The molecule has 168 valence electrons. The second-order valence-corrected chi connectivity index (χ2v) is 10.5. The van der Waals surface area contributed by atoms with E-state index in [2.05, 4.69) is 126 Å². The van der Waals surface area contributed by atoms with Gasteiger partial charge in [-0.05, 0) is 57.8 Å². The normalized spacial score (nSPS) is 11.9. The number of nitrogens with one attached hydrogen (secondary N) is 1. The van der Waals surface area contributed by atoms with Crippen molar-refractivity contribution in [2.75, 3.05) is 0 Å². The van der Waals surface area contributed by atoms with Crippen LogP contribution >= 0.6 is 11.3 Å². The molecule has 0 atom stereocenters. The van der Waals surface area contributed by atoms with Crippen LogP contribution in [0.25, 0.3) is 75.0 Å². The molecule has 0 aliphatic rings. The van der Waals surface area contributed by atoms with Gasteiger partial charge in [0.25, 0.3) is 0 Å². The second-order valence-electron chi connectivity index (χ2n) is 9.45. The van der Waals surface area contributed by atoms with E-state index in [-0.39, 0.29) is 0 Å². The van der Waals surface area contributed by atoms with Crippen molar-refractivity contribution in [1.82, 2.24) is 4.98 Å². The predicted octanol–water partition coefficient (Wildman–Crippen LogP) is 10.2. The van der Waals surface area contributed by atoms with Gasteiger partial charge in [-0.15, -0.1) is 11.3 Å². The summed E-state index contributed by atoms with van der Waals surface area (Å²) in [5.41, 5.74) is 7.33. The highest BCUT2D eigenvalue weighted by molar-refractivity contribution is 7.25. The van der Waals surface area contributed by atoms with Crippen molar-refractivity contribution in [3.05, 3.63) is 121 Å². The zero-order valence-electron chi connectivity index (χ0n) is 19.5. The van der Waals surface area contributed by atoms with Crippen molar-refractivity contribution in [1.29, 1.82) is 0 Å². The summed E-state index contributed by atoms with van der Waals surface area (Å²) in [5.74, 6) is 0. The molecule has 0 bridgehead atoms. The van der Waals surface area contributed by atoms with Crippen LogP contribution in [0.15, 0.2) is 121 Å². The second kappa shape index (κ2) is 7.55. The molecule has 0 unspecified atom stereocenters. The predicted molar refractivity (Wildman–Crippen MR) is 157 cm³/mol. The molecule has 0 radical (unpaired) electrons. The first-order valence-electron chi connectivity index (χ1n) is 12.3. The smallest absolute Gasteiger partial charge is 0.0544 e. The van der Waals surface area contributed by atoms with Crippen LogP contribution in [-0.4, -0.2) is 4.98 Å². The lowest BCUT2D eigenvalue weighted by Gasteiger charge is -2.08. The minimum Gasteiger partial charge on any atom is -0.354 e. The number of H-pyrrole nitrogens is 1. The molecule has 0 saturated carbocycles. The largest absolute Gasteiger partial charge is 0.354 e. The van der Waals surface area contributed by atoms with E-state index < -0.39 is 0 Å². The van der Waals surface area contributed by atoms with Gasteiger partial charge in [-0.25, -0.2) is 0 Å². The summed E-state index contributed by atoms with van der Waals surface area (Å²) in [5, 5.41) is 7.82. The van der Waals surface area contributed by atoms with Crippen molar-refractivity contribution in [2.45, 2.75) is 0 Å². The fourth-order valence-electron chi connectivity index (χ4n) is 5.71. The highest BCUT2D eigenvalue weighted by Gasteiger charge is 2.13. The van der Waals surface area contributed by atoms with Crippen LogP contribution in [0.2, 0.25) is 0 Å². The molecule has 8 aromatic rings. The molecular formula is C34H21NS. The van der Waals surface area contributed by atoms with E-state index in [0.717, 1.165) is 0 Å². The lowest BCUT2D eigenvalue weighted by molar-refractivity contribution is 1.54. The molecule has 36 heavy (non-hydrogen) atoms. The third-order valence-electron chi connectivity index (χ3n) is 7.41. The Balaban J connectivity index is 1.32. The summed E-state index contributed by atoms with van der Waals surface area (Å²) in [6.07, 6.45) is 0. The van der Waals surface area contributed by atoms with Gasteiger partial charge in [0.1, 0.15) is 0 Å². The molecule has 8 rings (SSSR count). The highest BCUT2D eigenvalue weighted by atomic mass is 32.1. The first-order valence-corrected chi connectivity index (χ1v) is 13.1. The van der Waals surface area contributed by atoms with E-state index in [1.807, 2.05) is 11.3 Å². The molecule has 0 amide bonds. The third kappa shape index (κ3) is 2.89.